The lowest BCUT2D eigenvalue weighted by atomic mass is 9.92. The van der Waals surface area contributed by atoms with Crippen LogP contribution in [0.25, 0.3) is 0 Å². The molecule has 1 heterocycles. The van der Waals surface area contributed by atoms with Gasteiger partial charge < -0.3 is 14.7 Å². The van der Waals surface area contributed by atoms with Gasteiger partial charge in [-0.15, -0.1) is 0 Å². The van der Waals surface area contributed by atoms with E-state index < -0.39 is 5.97 Å². The molecule has 0 unspecified atom stereocenters. The molecule has 0 aromatic heterocycles. The molecule has 1 fully saturated rings. The van der Waals surface area contributed by atoms with Crippen molar-refractivity contribution in [2.45, 2.75) is 20.3 Å². The standard InChI is InChI=1S/C17H21NO4/c1-17(2)9-12(18(11-17)10-16(20)21)8-14(19)13-6-4-5-7-15(13)22-3/h4-8H,9-11H2,1-3H3,(H,20,21)/b12-8-. The second-order valence-corrected chi connectivity index (χ2v) is 6.29. The van der Waals surface area contributed by atoms with Crippen molar-refractivity contribution in [1.82, 2.24) is 4.90 Å². The number of hydrogen-bond donors (Lipinski definition) is 1. The molecule has 1 aromatic carbocycles. The smallest absolute Gasteiger partial charge is 0.323 e. The van der Waals surface area contributed by atoms with Crippen LogP contribution in [0.4, 0.5) is 0 Å². The number of para-hydroxylation sites is 1. The van der Waals surface area contributed by atoms with Crippen LogP contribution in [0.1, 0.15) is 30.6 Å². The number of methoxy groups -OCH3 is 1. The van der Waals surface area contributed by atoms with Crippen LogP contribution in [0.3, 0.4) is 0 Å². The zero-order valence-electron chi connectivity index (χ0n) is 13.1. The number of rotatable bonds is 5. The van der Waals surface area contributed by atoms with Crippen LogP contribution in [0.5, 0.6) is 5.75 Å². The highest BCUT2D eigenvalue weighted by Crippen LogP contribution is 2.36. The maximum atomic E-state index is 12.5. The molecule has 0 aliphatic carbocycles. The Kier molecular flexibility index (Phi) is 4.54. The van der Waals surface area contributed by atoms with E-state index >= 15 is 0 Å². The molecule has 0 radical (unpaired) electrons. The Morgan fingerprint density at radius 2 is 2.05 bits per heavy atom. The maximum absolute atomic E-state index is 12.5. The first-order valence-electron chi connectivity index (χ1n) is 7.17. The fourth-order valence-electron chi connectivity index (χ4n) is 2.82. The number of ether oxygens (including phenoxy) is 1. The second kappa shape index (κ2) is 6.22. The van der Waals surface area contributed by atoms with Crippen LogP contribution in [-0.2, 0) is 4.79 Å². The molecule has 1 N–H and O–H groups in total. The molecule has 22 heavy (non-hydrogen) atoms. The van der Waals surface area contributed by atoms with Crippen molar-refractivity contribution in [3.63, 3.8) is 0 Å². The van der Waals surface area contributed by atoms with Gasteiger partial charge in [-0.25, -0.2) is 0 Å². The van der Waals surface area contributed by atoms with Crippen molar-refractivity contribution in [2.75, 3.05) is 20.2 Å². The molecule has 1 aliphatic heterocycles. The molecule has 5 heteroatoms. The molecule has 1 aromatic rings. The Hall–Kier alpha value is -2.30. The largest absolute Gasteiger partial charge is 0.496 e. The fourth-order valence-corrected chi connectivity index (χ4v) is 2.82. The quantitative estimate of drug-likeness (QED) is 0.669. The molecule has 0 atom stereocenters. The number of hydrogen-bond acceptors (Lipinski definition) is 4. The van der Waals surface area contributed by atoms with Gasteiger partial charge in [-0.2, -0.15) is 0 Å². The summed E-state index contributed by atoms with van der Waals surface area (Å²) in [5.74, 6) is -0.541. The van der Waals surface area contributed by atoms with Gasteiger partial charge in [0.25, 0.3) is 0 Å². The number of carbonyl (C=O) groups excluding carboxylic acids is 1. The number of allylic oxidation sites excluding steroid dienone is 2. The first-order chi connectivity index (χ1) is 10.3. The van der Waals surface area contributed by atoms with E-state index in [9.17, 15) is 9.59 Å². The first kappa shape index (κ1) is 16.1. The molecule has 2 rings (SSSR count). The van der Waals surface area contributed by atoms with E-state index in [4.69, 9.17) is 9.84 Å². The van der Waals surface area contributed by atoms with Gasteiger partial charge in [0.05, 0.1) is 12.7 Å². The predicted molar refractivity (Wildman–Crippen MR) is 83.0 cm³/mol. The average Bonchev–Trinajstić information content (AvgIpc) is 2.71. The van der Waals surface area contributed by atoms with Gasteiger partial charge in [0.15, 0.2) is 5.78 Å². The van der Waals surface area contributed by atoms with Gasteiger partial charge in [0.2, 0.25) is 0 Å². The van der Waals surface area contributed by atoms with Crippen LogP contribution < -0.4 is 4.74 Å². The molecular weight excluding hydrogens is 282 g/mol. The third-order valence-electron chi connectivity index (χ3n) is 3.68. The first-order valence-corrected chi connectivity index (χ1v) is 7.17. The van der Waals surface area contributed by atoms with Gasteiger partial charge in [-0.1, -0.05) is 26.0 Å². The Labute approximate surface area is 130 Å². The number of carboxylic acid groups (broad SMARTS) is 1. The molecular formula is C17H21NO4. The highest BCUT2D eigenvalue weighted by atomic mass is 16.5. The zero-order chi connectivity index (χ0) is 16.3. The number of ketones is 1. The Balaban J connectivity index is 2.29. The van der Waals surface area contributed by atoms with Crippen molar-refractivity contribution < 1.29 is 19.4 Å². The van der Waals surface area contributed by atoms with E-state index in [1.807, 2.05) is 0 Å². The van der Waals surface area contributed by atoms with E-state index in [0.29, 0.717) is 24.3 Å². The number of benzene rings is 1. The summed E-state index contributed by atoms with van der Waals surface area (Å²) in [5, 5.41) is 9.02. The lowest BCUT2D eigenvalue weighted by Crippen LogP contribution is -2.28. The Morgan fingerprint density at radius 1 is 1.36 bits per heavy atom. The highest BCUT2D eigenvalue weighted by molar-refractivity contribution is 6.06. The number of carbonyl (C=O) groups is 2. The molecule has 118 valence electrons. The summed E-state index contributed by atoms with van der Waals surface area (Å²) >= 11 is 0. The minimum Gasteiger partial charge on any atom is -0.496 e. The van der Waals surface area contributed by atoms with E-state index in [-0.39, 0.29) is 17.7 Å². The Bertz CT molecular complexity index is 619. The lowest BCUT2D eigenvalue weighted by molar-refractivity contribution is -0.137. The van der Waals surface area contributed by atoms with Gasteiger partial charge in [-0.05, 0) is 24.0 Å². The van der Waals surface area contributed by atoms with E-state index in [0.717, 1.165) is 5.70 Å². The number of nitrogens with zero attached hydrogens (tertiary/aromatic N) is 1. The normalized spacial score (nSPS) is 18.5. The summed E-state index contributed by atoms with van der Waals surface area (Å²) in [7, 11) is 1.52. The highest BCUT2D eigenvalue weighted by Gasteiger charge is 2.34. The summed E-state index contributed by atoms with van der Waals surface area (Å²) in [5.41, 5.74) is 1.21. The van der Waals surface area contributed by atoms with Gasteiger partial charge in [-0.3, -0.25) is 9.59 Å². The van der Waals surface area contributed by atoms with Crippen LogP contribution >= 0.6 is 0 Å². The number of aliphatic carboxylic acids is 1. The SMILES string of the molecule is COc1ccccc1C(=O)/C=C1/CC(C)(C)CN1CC(=O)O. The molecule has 0 saturated carbocycles. The summed E-state index contributed by atoms with van der Waals surface area (Å²) < 4.78 is 5.21. The van der Waals surface area contributed by atoms with Gasteiger partial charge >= 0.3 is 5.97 Å². The second-order valence-electron chi connectivity index (χ2n) is 6.29. The monoisotopic (exact) mass is 303 g/mol. The minimum absolute atomic E-state index is 0.0393. The summed E-state index contributed by atoms with van der Waals surface area (Å²) in [6.07, 6.45) is 2.22. The number of likely N-dealkylation sites (tertiary alicyclic amines) is 1. The van der Waals surface area contributed by atoms with Crippen molar-refractivity contribution in [3.8, 4) is 5.75 Å². The molecule has 1 aliphatic rings. The van der Waals surface area contributed by atoms with Crippen LogP contribution in [0.15, 0.2) is 36.0 Å². The molecule has 1 saturated heterocycles. The predicted octanol–water partition coefficient (Wildman–Crippen LogP) is 2.58. The van der Waals surface area contributed by atoms with Crippen molar-refractivity contribution >= 4 is 11.8 Å². The number of carboxylic acids is 1. The van der Waals surface area contributed by atoms with Crippen LogP contribution in [0.2, 0.25) is 0 Å². The van der Waals surface area contributed by atoms with Crippen molar-refractivity contribution in [3.05, 3.63) is 41.6 Å². The van der Waals surface area contributed by atoms with Gasteiger partial charge in [0.1, 0.15) is 12.3 Å². The topological polar surface area (TPSA) is 66.8 Å². The van der Waals surface area contributed by atoms with Gasteiger partial charge in [0, 0.05) is 18.3 Å². The minimum atomic E-state index is -0.895. The Morgan fingerprint density at radius 3 is 2.68 bits per heavy atom. The van der Waals surface area contributed by atoms with E-state index in [1.165, 1.54) is 13.2 Å². The molecule has 5 nitrogen and oxygen atoms in total. The maximum Gasteiger partial charge on any atom is 0.323 e. The van der Waals surface area contributed by atoms with Crippen molar-refractivity contribution in [1.29, 1.82) is 0 Å². The summed E-state index contributed by atoms with van der Waals surface area (Å²) in [6.45, 7) is 4.67. The van der Waals surface area contributed by atoms with Crippen LogP contribution in [-0.4, -0.2) is 42.0 Å². The molecule has 0 amide bonds. The third kappa shape index (κ3) is 3.67. The van der Waals surface area contributed by atoms with E-state index in [1.54, 1.807) is 29.2 Å². The lowest BCUT2D eigenvalue weighted by Gasteiger charge is -2.19. The zero-order valence-corrected chi connectivity index (χ0v) is 13.1. The fraction of sp³-hybridized carbons (Fsp3) is 0.412. The summed E-state index contributed by atoms with van der Waals surface area (Å²) in [4.78, 5) is 25.2. The molecule has 0 spiro atoms. The summed E-state index contributed by atoms with van der Waals surface area (Å²) in [6, 6.07) is 7.03. The average molecular weight is 303 g/mol. The third-order valence-corrected chi connectivity index (χ3v) is 3.68. The molecule has 0 bridgehead atoms. The van der Waals surface area contributed by atoms with Crippen LogP contribution in [0, 0.1) is 5.41 Å². The van der Waals surface area contributed by atoms with E-state index in [2.05, 4.69) is 13.8 Å². The van der Waals surface area contributed by atoms with Crippen molar-refractivity contribution in [2.24, 2.45) is 5.41 Å².